The number of hydrogen-bond donors (Lipinski definition) is 3. The van der Waals surface area contributed by atoms with E-state index in [1.807, 2.05) is 42.5 Å². The van der Waals surface area contributed by atoms with Gasteiger partial charge in [0.25, 0.3) is 11.5 Å². The number of nitrogens with zero attached hydrogens (tertiary/aromatic N) is 1. The van der Waals surface area contributed by atoms with E-state index in [1.54, 1.807) is 0 Å². The zero-order chi connectivity index (χ0) is 16.2. The predicted octanol–water partition coefficient (Wildman–Crippen LogP) is 1.35. The Morgan fingerprint density at radius 2 is 1.96 bits per heavy atom. The molecule has 0 aliphatic carbocycles. The first kappa shape index (κ1) is 14.9. The number of nitrogens with one attached hydrogen (secondary N) is 2. The number of aliphatic hydroxyl groups is 1. The largest absolute Gasteiger partial charge is 0.388 e. The van der Waals surface area contributed by atoms with Crippen LogP contribution in [-0.2, 0) is 13.2 Å². The maximum Gasteiger partial charge on any atom is 0.263 e. The molecule has 0 bridgehead atoms. The Morgan fingerprint density at radius 1 is 1.17 bits per heavy atom. The zero-order valence-corrected chi connectivity index (χ0v) is 12.2. The van der Waals surface area contributed by atoms with Gasteiger partial charge in [-0.25, -0.2) is 4.98 Å². The molecule has 23 heavy (non-hydrogen) atoms. The van der Waals surface area contributed by atoms with Crippen LogP contribution < -0.4 is 10.9 Å². The second-order valence-corrected chi connectivity index (χ2v) is 5.05. The van der Waals surface area contributed by atoms with Crippen molar-refractivity contribution >= 4 is 16.7 Å². The highest BCUT2D eigenvalue weighted by molar-refractivity contribution is 5.94. The standard InChI is InChI=1S/C17H15N3O3/c21-10-15-18-9-14(17(23)20-15)16(22)19-8-12-6-3-5-11-4-1-2-7-13(11)12/h1-7,9,21H,8,10H2,(H,19,22)(H,18,20,23). The number of aromatic nitrogens is 2. The minimum Gasteiger partial charge on any atom is -0.388 e. The third kappa shape index (κ3) is 3.12. The molecule has 2 aromatic carbocycles. The van der Waals surface area contributed by atoms with Crippen LogP contribution in [0.25, 0.3) is 10.8 Å². The summed E-state index contributed by atoms with van der Waals surface area (Å²) in [6.45, 7) is -0.0749. The van der Waals surface area contributed by atoms with Crippen molar-refractivity contribution in [2.45, 2.75) is 13.2 Å². The average molecular weight is 309 g/mol. The summed E-state index contributed by atoms with van der Waals surface area (Å²) >= 11 is 0. The molecule has 0 aliphatic rings. The molecule has 0 saturated heterocycles. The Labute approximate surface area is 131 Å². The SMILES string of the molecule is O=C(NCc1cccc2ccccc12)c1cnc(CO)[nH]c1=O. The van der Waals surface area contributed by atoms with Gasteiger partial charge in [0.2, 0.25) is 0 Å². The zero-order valence-electron chi connectivity index (χ0n) is 12.2. The molecule has 6 nitrogen and oxygen atoms in total. The van der Waals surface area contributed by atoms with Crippen molar-refractivity contribution in [1.29, 1.82) is 0 Å². The molecule has 6 heteroatoms. The number of fused-ring (bicyclic) bond motifs is 1. The van der Waals surface area contributed by atoms with Crippen LogP contribution in [0.5, 0.6) is 0 Å². The van der Waals surface area contributed by atoms with E-state index in [0.717, 1.165) is 16.3 Å². The number of aliphatic hydroxyl groups excluding tert-OH is 1. The molecule has 3 aromatic rings. The van der Waals surface area contributed by atoms with Gasteiger partial charge in [0.05, 0.1) is 0 Å². The van der Waals surface area contributed by atoms with E-state index in [9.17, 15) is 9.59 Å². The topological polar surface area (TPSA) is 95.1 Å². The summed E-state index contributed by atoms with van der Waals surface area (Å²) < 4.78 is 0. The Kier molecular flexibility index (Phi) is 4.16. The van der Waals surface area contributed by atoms with Gasteiger partial charge in [-0.3, -0.25) is 9.59 Å². The first-order valence-corrected chi connectivity index (χ1v) is 7.13. The molecule has 0 unspecified atom stereocenters. The third-order valence-electron chi connectivity index (χ3n) is 3.57. The van der Waals surface area contributed by atoms with Crippen LogP contribution in [0.2, 0.25) is 0 Å². The first-order valence-electron chi connectivity index (χ1n) is 7.13. The van der Waals surface area contributed by atoms with Crippen molar-refractivity contribution < 1.29 is 9.90 Å². The molecule has 0 aliphatic heterocycles. The molecule has 1 aromatic heterocycles. The van der Waals surface area contributed by atoms with E-state index in [4.69, 9.17) is 5.11 Å². The summed E-state index contributed by atoms with van der Waals surface area (Å²) in [7, 11) is 0. The van der Waals surface area contributed by atoms with Gasteiger partial charge in [0.1, 0.15) is 18.0 Å². The Morgan fingerprint density at radius 3 is 2.74 bits per heavy atom. The molecule has 3 rings (SSSR count). The second kappa shape index (κ2) is 6.41. The molecule has 1 amide bonds. The van der Waals surface area contributed by atoms with Gasteiger partial charge >= 0.3 is 0 Å². The monoisotopic (exact) mass is 309 g/mol. The van der Waals surface area contributed by atoms with Gasteiger partial charge in [0.15, 0.2) is 0 Å². The van der Waals surface area contributed by atoms with Gasteiger partial charge in [-0.15, -0.1) is 0 Å². The van der Waals surface area contributed by atoms with Gasteiger partial charge in [-0.05, 0) is 16.3 Å². The summed E-state index contributed by atoms with van der Waals surface area (Å²) in [4.78, 5) is 30.1. The number of aromatic amines is 1. The molecule has 1 heterocycles. The number of H-pyrrole nitrogens is 1. The lowest BCUT2D eigenvalue weighted by molar-refractivity contribution is 0.0949. The highest BCUT2D eigenvalue weighted by atomic mass is 16.3. The lowest BCUT2D eigenvalue weighted by Crippen LogP contribution is -2.30. The Balaban J connectivity index is 1.80. The number of carbonyl (C=O) groups excluding carboxylic acids is 1. The number of amides is 1. The molecule has 0 saturated carbocycles. The fraction of sp³-hybridized carbons (Fsp3) is 0.118. The lowest BCUT2D eigenvalue weighted by Gasteiger charge is -2.08. The molecule has 0 radical (unpaired) electrons. The van der Waals surface area contributed by atoms with Gasteiger partial charge in [0, 0.05) is 12.7 Å². The molecule has 3 N–H and O–H groups in total. The van der Waals surface area contributed by atoms with E-state index in [2.05, 4.69) is 15.3 Å². The number of carbonyl (C=O) groups is 1. The molecular formula is C17H15N3O3. The van der Waals surface area contributed by atoms with Crippen molar-refractivity contribution in [2.24, 2.45) is 0 Å². The van der Waals surface area contributed by atoms with Crippen LogP contribution in [0.4, 0.5) is 0 Å². The van der Waals surface area contributed by atoms with Crippen molar-refractivity contribution in [3.8, 4) is 0 Å². The third-order valence-corrected chi connectivity index (χ3v) is 3.57. The summed E-state index contributed by atoms with van der Waals surface area (Å²) in [6, 6.07) is 13.7. The summed E-state index contributed by atoms with van der Waals surface area (Å²) in [5, 5.41) is 13.8. The van der Waals surface area contributed by atoms with E-state index in [0.29, 0.717) is 6.54 Å². The van der Waals surface area contributed by atoms with Crippen LogP contribution in [0, 0.1) is 0 Å². The van der Waals surface area contributed by atoms with Crippen molar-refractivity contribution in [3.63, 3.8) is 0 Å². The van der Waals surface area contributed by atoms with Crippen molar-refractivity contribution in [2.75, 3.05) is 0 Å². The van der Waals surface area contributed by atoms with E-state index < -0.39 is 11.5 Å². The smallest absolute Gasteiger partial charge is 0.263 e. The van der Waals surface area contributed by atoms with E-state index in [-0.39, 0.29) is 18.0 Å². The van der Waals surface area contributed by atoms with Gasteiger partial charge in [-0.2, -0.15) is 0 Å². The fourth-order valence-electron chi connectivity index (χ4n) is 2.39. The Hall–Kier alpha value is -2.99. The highest BCUT2D eigenvalue weighted by Gasteiger charge is 2.12. The minimum absolute atomic E-state index is 0.0811. The normalized spacial score (nSPS) is 10.7. The fourth-order valence-corrected chi connectivity index (χ4v) is 2.39. The van der Waals surface area contributed by atoms with Gasteiger partial charge in [-0.1, -0.05) is 42.5 Å². The quantitative estimate of drug-likeness (QED) is 0.678. The maximum atomic E-state index is 12.1. The lowest BCUT2D eigenvalue weighted by atomic mass is 10.0. The summed E-state index contributed by atoms with van der Waals surface area (Å²) in [6.07, 6.45) is 1.17. The molecule has 116 valence electrons. The highest BCUT2D eigenvalue weighted by Crippen LogP contribution is 2.18. The Bertz CT molecular complexity index is 913. The predicted molar refractivity (Wildman–Crippen MR) is 85.9 cm³/mol. The first-order chi connectivity index (χ1) is 11.2. The minimum atomic E-state index is -0.570. The molecular weight excluding hydrogens is 294 g/mol. The van der Waals surface area contributed by atoms with Crippen LogP contribution in [-0.4, -0.2) is 21.0 Å². The number of hydrogen-bond acceptors (Lipinski definition) is 4. The average Bonchev–Trinajstić information content (AvgIpc) is 2.59. The van der Waals surface area contributed by atoms with Crippen LogP contribution in [0.1, 0.15) is 21.7 Å². The maximum absolute atomic E-state index is 12.1. The molecule has 0 atom stereocenters. The number of rotatable bonds is 4. The van der Waals surface area contributed by atoms with E-state index in [1.165, 1.54) is 6.20 Å². The van der Waals surface area contributed by atoms with E-state index >= 15 is 0 Å². The molecule has 0 spiro atoms. The van der Waals surface area contributed by atoms with Crippen LogP contribution in [0.3, 0.4) is 0 Å². The van der Waals surface area contributed by atoms with Crippen molar-refractivity contribution in [1.82, 2.24) is 15.3 Å². The van der Waals surface area contributed by atoms with Gasteiger partial charge < -0.3 is 15.4 Å². The second-order valence-electron chi connectivity index (χ2n) is 5.05. The summed E-state index contributed by atoms with van der Waals surface area (Å²) in [5.74, 6) is -0.378. The molecule has 0 fully saturated rings. The number of benzene rings is 2. The van der Waals surface area contributed by atoms with Crippen LogP contribution in [0.15, 0.2) is 53.5 Å². The summed E-state index contributed by atoms with van der Waals surface area (Å²) in [5.41, 5.74) is 0.315. The van der Waals surface area contributed by atoms with Crippen molar-refractivity contribution in [3.05, 3.63) is 76.0 Å². The van der Waals surface area contributed by atoms with Crippen LogP contribution >= 0.6 is 0 Å².